The third kappa shape index (κ3) is 1.70. The number of aliphatic hydroxyl groups is 2. The molecule has 3 heterocycles. The smallest absolute Gasteiger partial charge is 0.261 e. The topological polar surface area (TPSA) is 113 Å². The number of rotatable bonds is 2. The molecule has 8 nitrogen and oxygen atoms in total. The Morgan fingerprint density at radius 2 is 2.44 bits per heavy atom. The first-order valence-electron chi connectivity index (χ1n) is 5.56. The summed E-state index contributed by atoms with van der Waals surface area (Å²) < 4.78 is 6.89. The van der Waals surface area contributed by atoms with Crippen molar-refractivity contribution in [2.75, 3.05) is 6.61 Å². The molecule has 1 fully saturated rings. The van der Waals surface area contributed by atoms with Crippen molar-refractivity contribution in [3.05, 3.63) is 22.9 Å². The molecule has 2 aromatic heterocycles. The fraction of sp³-hybridized carbons (Fsp3) is 0.500. The predicted octanol–water partition coefficient (Wildman–Crippen LogP) is -1.24. The maximum Gasteiger partial charge on any atom is 0.261 e. The Morgan fingerprint density at radius 3 is 3.11 bits per heavy atom. The Labute approximate surface area is 101 Å². The molecule has 0 unspecified atom stereocenters. The number of H-pyrrole nitrogens is 1. The van der Waals surface area contributed by atoms with Gasteiger partial charge in [-0.2, -0.15) is 0 Å². The number of nitrogens with zero attached hydrogens (tertiary/aromatic N) is 3. The van der Waals surface area contributed by atoms with Gasteiger partial charge in [0.1, 0.15) is 11.5 Å². The van der Waals surface area contributed by atoms with E-state index < -0.39 is 18.4 Å². The van der Waals surface area contributed by atoms with Crippen molar-refractivity contribution in [1.82, 2.24) is 19.7 Å². The second-order valence-corrected chi connectivity index (χ2v) is 4.19. The molecule has 3 N–H and O–H groups in total. The summed E-state index contributed by atoms with van der Waals surface area (Å²) >= 11 is 0. The summed E-state index contributed by atoms with van der Waals surface area (Å²) in [5.74, 6) is 0. The average molecular weight is 252 g/mol. The highest BCUT2D eigenvalue weighted by Crippen LogP contribution is 2.28. The van der Waals surface area contributed by atoms with E-state index in [9.17, 15) is 9.90 Å². The largest absolute Gasteiger partial charge is 0.394 e. The highest BCUT2D eigenvalue weighted by Gasteiger charge is 2.35. The van der Waals surface area contributed by atoms with Gasteiger partial charge in [0.15, 0.2) is 11.9 Å². The van der Waals surface area contributed by atoms with Crippen LogP contribution in [0.1, 0.15) is 12.6 Å². The Balaban J connectivity index is 1.96. The summed E-state index contributed by atoms with van der Waals surface area (Å²) in [4.78, 5) is 17.9. The number of ether oxygens (including phenoxy) is 1. The zero-order valence-electron chi connectivity index (χ0n) is 9.35. The summed E-state index contributed by atoms with van der Waals surface area (Å²) in [6.45, 7) is -0.253. The Morgan fingerprint density at radius 1 is 1.61 bits per heavy atom. The average Bonchev–Trinajstić information content (AvgIpc) is 2.93. The third-order valence-electron chi connectivity index (χ3n) is 3.02. The van der Waals surface area contributed by atoms with E-state index in [1.807, 2.05) is 0 Å². The van der Waals surface area contributed by atoms with E-state index in [0.29, 0.717) is 17.5 Å². The molecule has 96 valence electrons. The number of aliphatic hydroxyl groups excluding tert-OH is 2. The van der Waals surface area contributed by atoms with Crippen molar-refractivity contribution in [2.45, 2.75) is 24.9 Å². The normalized spacial score (nSPS) is 28.0. The standard InChI is InChI=1S/C10H12N4O4/c15-3-7-6(16)1-8(18-7)14-2-5-9(13-14)11-4-12-10(5)17/h2,4,6-8,15-16H,1,3H2,(H,11,12,13,17)/t6-,7+,8+/m0/s1. The molecule has 3 rings (SSSR count). The summed E-state index contributed by atoms with van der Waals surface area (Å²) in [5.41, 5.74) is 0.0489. The van der Waals surface area contributed by atoms with Crippen LogP contribution in [0.2, 0.25) is 0 Å². The molecule has 18 heavy (non-hydrogen) atoms. The molecule has 3 atom stereocenters. The molecule has 0 bridgehead atoms. The highest BCUT2D eigenvalue weighted by atomic mass is 16.5. The van der Waals surface area contributed by atoms with Crippen molar-refractivity contribution < 1.29 is 14.9 Å². The van der Waals surface area contributed by atoms with E-state index in [-0.39, 0.29) is 12.2 Å². The van der Waals surface area contributed by atoms with E-state index in [2.05, 4.69) is 15.1 Å². The molecule has 8 heteroatoms. The zero-order chi connectivity index (χ0) is 12.7. The van der Waals surface area contributed by atoms with E-state index >= 15 is 0 Å². The number of fused-ring (bicyclic) bond motifs is 1. The Bertz CT molecular complexity index is 622. The van der Waals surface area contributed by atoms with Crippen LogP contribution in [0.5, 0.6) is 0 Å². The lowest BCUT2D eigenvalue weighted by Gasteiger charge is -2.11. The molecule has 0 aliphatic carbocycles. The minimum atomic E-state index is -0.737. The van der Waals surface area contributed by atoms with E-state index in [4.69, 9.17) is 9.84 Å². The van der Waals surface area contributed by atoms with Crippen LogP contribution in [0.3, 0.4) is 0 Å². The molecule has 0 saturated carbocycles. The van der Waals surface area contributed by atoms with Gasteiger partial charge in [0, 0.05) is 12.6 Å². The van der Waals surface area contributed by atoms with Gasteiger partial charge in [-0.05, 0) is 0 Å². The van der Waals surface area contributed by atoms with Gasteiger partial charge >= 0.3 is 0 Å². The van der Waals surface area contributed by atoms with Crippen molar-refractivity contribution in [2.24, 2.45) is 0 Å². The quantitative estimate of drug-likeness (QED) is 0.616. The minimum absolute atomic E-state index is 0.253. The molecule has 0 amide bonds. The lowest BCUT2D eigenvalue weighted by atomic mass is 10.2. The molecule has 0 spiro atoms. The number of nitrogens with one attached hydrogen (secondary N) is 1. The molecule has 1 aliphatic heterocycles. The molecule has 0 radical (unpaired) electrons. The van der Waals surface area contributed by atoms with Crippen molar-refractivity contribution in [3.8, 4) is 0 Å². The van der Waals surface area contributed by atoms with Crippen LogP contribution in [-0.4, -0.2) is 48.8 Å². The maximum absolute atomic E-state index is 11.5. The summed E-state index contributed by atoms with van der Waals surface area (Å²) in [7, 11) is 0. The van der Waals surface area contributed by atoms with Crippen LogP contribution in [0.25, 0.3) is 11.0 Å². The van der Waals surface area contributed by atoms with Crippen LogP contribution in [-0.2, 0) is 4.74 Å². The molecular formula is C10H12N4O4. The van der Waals surface area contributed by atoms with Crippen molar-refractivity contribution >= 4 is 11.0 Å². The van der Waals surface area contributed by atoms with Crippen molar-refractivity contribution in [1.29, 1.82) is 0 Å². The molecule has 1 aliphatic rings. The monoisotopic (exact) mass is 252 g/mol. The summed E-state index contributed by atoms with van der Waals surface area (Å²) in [5, 5.41) is 23.1. The Hall–Kier alpha value is -1.77. The number of hydrogen-bond donors (Lipinski definition) is 3. The first-order chi connectivity index (χ1) is 8.69. The third-order valence-corrected chi connectivity index (χ3v) is 3.02. The van der Waals surface area contributed by atoms with Gasteiger partial charge in [-0.3, -0.25) is 4.79 Å². The second kappa shape index (κ2) is 4.16. The van der Waals surface area contributed by atoms with Crippen molar-refractivity contribution in [3.63, 3.8) is 0 Å². The predicted molar refractivity (Wildman–Crippen MR) is 59.8 cm³/mol. The molecular weight excluding hydrogens is 240 g/mol. The molecule has 1 saturated heterocycles. The van der Waals surface area contributed by atoms with Gasteiger partial charge in [-0.1, -0.05) is 0 Å². The first-order valence-corrected chi connectivity index (χ1v) is 5.56. The zero-order valence-corrected chi connectivity index (χ0v) is 9.35. The first kappa shape index (κ1) is 11.3. The lowest BCUT2D eigenvalue weighted by molar-refractivity contribution is -0.0482. The van der Waals surface area contributed by atoms with Crippen LogP contribution < -0.4 is 5.56 Å². The summed E-state index contributed by atoms with van der Waals surface area (Å²) in [6.07, 6.45) is 1.27. The number of aromatic amines is 1. The van der Waals surface area contributed by atoms with Crippen LogP contribution in [0.4, 0.5) is 0 Å². The fourth-order valence-electron chi connectivity index (χ4n) is 2.06. The van der Waals surface area contributed by atoms with Crippen LogP contribution in [0, 0.1) is 0 Å². The Kier molecular flexibility index (Phi) is 2.62. The van der Waals surface area contributed by atoms with Crippen LogP contribution >= 0.6 is 0 Å². The van der Waals surface area contributed by atoms with Crippen LogP contribution in [0.15, 0.2) is 17.3 Å². The number of aromatic nitrogens is 4. The van der Waals surface area contributed by atoms with E-state index in [1.165, 1.54) is 17.2 Å². The summed E-state index contributed by atoms with van der Waals surface area (Å²) in [6, 6.07) is 0. The van der Waals surface area contributed by atoms with E-state index in [0.717, 1.165) is 0 Å². The van der Waals surface area contributed by atoms with Gasteiger partial charge < -0.3 is 19.9 Å². The lowest BCUT2D eigenvalue weighted by Crippen LogP contribution is -2.24. The SMILES string of the molecule is O=c1[nH]cnc2nn([C@H]3C[C@H](O)[C@@H](CO)O3)cc12. The van der Waals surface area contributed by atoms with Gasteiger partial charge in [-0.25, -0.2) is 9.67 Å². The highest BCUT2D eigenvalue weighted by molar-refractivity contribution is 5.71. The number of hydrogen-bond acceptors (Lipinski definition) is 6. The molecule has 2 aromatic rings. The van der Waals surface area contributed by atoms with Gasteiger partial charge in [0.2, 0.25) is 0 Å². The van der Waals surface area contributed by atoms with Gasteiger partial charge in [0.05, 0.1) is 19.0 Å². The second-order valence-electron chi connectivity index (χ2n) is 4.19. The minimum Gasteiger partial charge on any atom is -0.394 e. The van der Waals surface area contributed by atoms with Gasteiger partial charge in [0.25, 0.3) is 5.56 Å². The van der Waals surface area contributed by atoms with E-state index in [1.54, 1.807) is 0 Å². The van der Waals surface area contributed by atoms with Gasteiger partial charge in [-0.15, -0.1) is 5.10 Å². The fourth-order valence-corrected chi connectivity index (χ4v) is 2.06. The maximum atomic E-state index is 11.5. The molecule has 0 aromatic carbocycles.